The van der Waals surface area contributed by atoms with E-state index in [9.17, 15) is 0 Å². The number of furan rings is 1. The lowest BCUT2D eigenvalue weighted by atomic mass is 9.95. The van der Waals surface area contributed by atoms with Gasteiger partial charge in [-0.1, -0.05) is 32.0 Å². The third-order valence-electron chi connectivity index (χ3n) is 4.14. The highest BCUT2D eigenvalue weighted by Crippen LogP contribution is 2.33. The van der Waals surface area contributed by atoms with Crippen LogP contribution >= 0.6 is 0 Å². The summed E-state index contributed by atoms with van der Waals surface area (Å²) in [5.41, 5.74) is 0.955. The Morgan fingerprint density at radius 3 is 2.90 bits per heavy atom. The van der Waals surface area contributed by atoms with Gasteiger partial charge in [0, 0.05) is 12.0 Å². The van der Waals surface area contributed by atoms with Crippen molar-refractivity contribution in [1.29, 1.82) is 0 Å². The molecular formula is C17H23NO2. The number of para-hydroxylation sites is 1. The largest absolute Gasteiger partial charge is 0.459 e. The lowest BCUT2D eigenvalue weighted by molar-refractivity contribution is 0.0544. The Morgan fingerprint density at radius 1 is 1.35 bits per heavy atom. The van der Waals surface area contributed by atoms with Crippen LogP contribution in [0.15, 0.2) is 34.7 Å². The van der Waals surface area contributed by atoms with E-state index in [0.29, 0.717) is 5.92 Å². The van der Waals surface area contributed by atoms with Crippen LogP contribution in [-0.2, 0) is 4.74 Å². The summed E-state index contributed by atoms with van der Waals surface area (Å²) < 4.78 is 12.0. The maximum atomic E-state index is 6.05. The zero-order valence-corrected chi connectivity index (χ0v) is 12.3. The molecule has 3 heteroatoms. The van der Waals surface area contributed by atoms with E-state index in [4.69, 9.17) is 9.15 Å². The molecule has 108 valence electrons. The van der Waals surface area contributed by atoms with Crippen molar-refractivity contribution in [3.05, 3.63) is 36.1 Å². The molecule has 0 radical (unpaired) electrons. The Morgan fingerprint density at radius 2 is 2.20 bits per heavy atom. The van der Waals surface area contributed by atoms with Crippen LogP contribution in [0.3, 0.4) is 0 Å². The first-order valence-corrected chi connectivity index (χ1v) is 7.63. The predicted octanol–water partition coefficient (Wildman–Crippen LogP) is 3.90. The van der Waals surface area contributed by atoms with Gasteiger partial charge in [0.15, 0.2) is 0 Å². The Kier molecular flexibility index (Phi) is 4.08. The van der Waals surface area contributed by atoms with Crippen molar-refractivity contribution >= 4 is 11.0 Å². The Hall–Kier alpha value is -1.32. The summed E-state index contributed by atoms with van der Waals surface area (Å²) in [5, 5.41) is 4.76. The van der Waals surface area contributed by atoms with Crippen LogP contribution in [0.1, 0.15) is 38.5 Å². The highest BCUT2D eigenvalue weighted by Gasteiger charge is 2.34. The minimum Gasteiger partial charge on any atom is -0.459 e. The molecule has 3 rings (SSSR count). The maximum Gasteiger partial charge on any atom is 0.134 e. The second kappa shape index (κ2) is 5.98. The number of ether oxygens (including phenoxy) is 1. The van der Waals surface area contributed by atoms with Crippen molar-refractivity contribution in [2.45, 2.75) is 38.8 Å². The summed E-state index contributed by atoms with van der Waals surface area (Å²) in [6.07, 6.45) is 2.45. The van der Waals surface area contributed by atoms with Crippen molar-refractivity contribution in [2.75, 3.05) is 13.2 Å². The first-order chi connectivity index (χ1) is 9.79. The van der Waals surface area contributed by atoms with Gasteiger partial charge in [0.2, 0.25) is 0 Å². The van der Waals surface area contributed by atoms with Crippen molar-refractivity contribution < 1.29 is 9.15 Å². The molecule has 3 atom stereocenters. The van der Waals surface area contributed by atoms with Crippen LogP contribution in [0.2, 0.25) is 0 Å². The van der Waals surface area contributed by atoms with E-state index in [1.54, 1.807) is 0 Å². The molecule has 1 fully saturated rings. The average Bonchev–Trinajstić information content (AvgIpc) is 3.06. The van der Waals surface area contributed by atoms with Gasteiger partial charge in [0.1, 0.15) is 11.3 Å². The number of hydrogen-bond donors (Lipinski definition) is 1. The second-order valence-corrected chi connectivity index (χ2v) is 5.72. The summed E-state index contributed by atoms with van der Waals surface area (Å²) in [4.78, 5) is 0. The third-order valence-corrected chi connectivity index (χ3v) is 4.14. The Labute approximate surface area is 120 Å². The van der Waals surface area contributed by atoms with Crippen LogP contribution in [0.4, 0.5) is 0 Å². The molecule has 3 nitrogen and oxygen atoms in total. The van der Waals surface area contributed by atoms with E-state index in [1.807, 2.05) is 18.2 Å². The topological polar surface area (TPSA) is 34.4 Å². The predicted molar refractivity (Wildman–Crippen MR) is 80.8 cm³/mol. The summed E-state index contributed by atoms with van der Waals surface area (Å²) >= 11 is 0. The van der Waals surface area contributed by atoms with Crippen LogP contribution < -0.4 is 5.32 Å². The molecule has 0 bridgehead atoms. The molecule has 1 saturated heterocycles. The zero-order chi connectivity index (χ0) is 13.9. The minimum absolute atomic E-state index is 0.153. The lowest BCUT2D eigenvalue weighted by Gasteiger charge is -2.25. The van der Waals surface area contributed by atoms with Crippen LogP contribution in [-0.4, -0.2) is 19.3 Å². The van der Waals surface area contributed by atoms with Crippen LogP contribution in [0.5, 0.6) is 0 Å². The molecule has 1 aliphatic heterocycles. The smallest absolute Gasteiger partial charge is 0.134 e. The van der Waals surface area contributed by atoms with Crippen molar-refractivity contribution in [3.8, 4) is 0 Å². The standard InChI is InChI=1S/C17H23NO2/c1-3-9-18-16(17-12(2)8-10-19-17)15-11-13-6-4-5-7-14(13)20-15/h4-7,11-12,16-18H,3,8-10H2,1-2H3. The molecule has 0 aliphatic carbocycles. The second-order valence-electron chi connectivity index (χ2n) is 5.72. The van der Waals surface area contributed by atoms with E-state index in [2.05, 4.69) is 31.3 Å². The Balaban J connectivity index is 1.90. The molecule has 0 spiro atoms. The van der Waals surface area contributed by atoms with E-state index < -0.39 is 0 Å². The SMILES string of the molecule is CCCNC(c1cc2ccccc2o1)C1OCCC1C. The molecular weight excluding hydrogens is 250 g/mol. The van der Waals surface area contributed by atoms with Crippen molar-refractivity contribution in [2.24, 2.45) is 5.92 Å². The minimum atomic E-state index is 0.153. The molecule has 20 heavy (non-hydrogen) atoms. The first kappa shape index (κ1) is 13.7. The highest BCUT2D eigenvalue weighted by atomic mass is 16.5. The third kappa shape index (κ3) is 2.60. The van der Waals surface area contributed by atoms with E-state index in [1.165, 1.54) is 0 Å². The Bertz CT molecular complexity index is 530. The maximum absolute atomic E-state index is 6.05. The first-order valence-electron chi connectivity index (χ1n) is 7.63. The van der Waals surface area contributed by atoms with Gasteiger partial charge < -0.3 is 14.5 Å². The summed E-state index contributed by atoms with van der Waals surface area (Å²) in [6.45, 7) is 6.28. The zero-order valence-electron chi connectivity index (χ0n) is 12.3. The molecule has 0 saturated carbocycles. The number of nitrogens with one attached hydrogen (secondary N) is 1. The normalized spacial score (nSPS) is 24.3. The molecule has 1 aromatic carbocycles. The monoisotopic (exact) mass is 273 g/mol. The van der Waals surface area contributed by atoms with Crippen molar-refractivity contribution in [1.82, 2.24) is 5.32 Å². The number of benzene rings is 1. The summed E-state index contributed by atoms with van der Waals surface area (Å²) in [5.74, 6) is 1.57. The van der Waals surface area contributed by atoms with Gasteiger partial charge in [-0.05, 0) is 37.4 Å². The van der Waals surface area contributed by atoms with Gasteiger partial charge in [-0.3, -0.25) is 0 Å². The summed E-state index contributed by atoms with van der Waals surface area (Å²) in [6, 6.07) is 10.5. The molecule has 0 amide bonds. The van der Waals surface area contributed by atoms with Gasteiger partial charge >= 0.3 is 0 Å². The molecule has 1 aliphatic rings. The fourth-order valence-electron chi connectivity index (χ4n) is 2.98. The van der Waals surface area contributed by atoms with Gasteiger partial charge in [0.05, 0.1) is 12.1 Å². The lowest BCUT2D eigenvalue weighted by Crippen LogP contribution is -2.34. The fraction of sp³-hybridized carbons (Fsp3) is 0.529. The van der Waals surface area contributed by atoms with E-state index in [0.717, 1.165) is 42.7 Å². The molecule has 1 aromatic heterocycles. The van der Waals surface area contributed by atoms with Crippen LogP contribution in [0.25, 0.3) is 11.0 Å². The van der Waals surface area contributed by atoms with Gasteiger partial charge in [-0.2, -0.15) is 0 Å². The van der Waals surface area contributed by atoms with Gasteiger partial charge in [-0.25, -0.2) is 0 Å². The molecule has 3 unspecified atom stereocenters. The number of hydrogen-bond acceptors (Lipinski definition) is 3. The van der Waals surface area contributed by atoms with E-state index >= 15 is 0 Å². The molecule has 2 aromatic rings. The number of fused-ring (bicyclic) bond motifs is 1. The van der Waals surface area contributed by atoms with Crippen LogP contribution in [0, 0.1) is 5.92 Å². The molecule has 2 heterocycles. The highest BCUT2D eigenvalue weighted by molar-refractivity contribution is 5.77. The average molecular weight is 273 g/mol. The number of rotatable bonds is 5. The quantitative estimate of drug-likeness (QED) is 0.897. The van der Waals surface area contributed by atoms with Crippen molar-refractivity contribution in [3.63, 3.8) is 0 Å². The van der Waals surface area contributed by atoms with E-state index in [-0.39, 0.29) is 12.1 Å². The molecule has 1 N–H and O–H groups in total. The van der Waals surface area contributed by atoms with Gasteiger partial charge in [-0.15, -0.1) is 0 Å². The fourth-order valence-corrected chi connectivity index (χ4v) is 2.98. The summed E-state index contributed by atoms with van der Waals surface area (Å²) in [7, 11) is 0. The van der Waals surface area contributed by atoms with Gasteiger partial charge in [0.25, 0.3) is 0 Å².